The highest BCUT2D eigenvalue weighted by Crippen LogP contribution is 2.21. The Labute approximate surface area is 189 Å². The van der Waals surface area contributed by atoms with Crippen molar-refractivity contribution < 1.29 is 23.8 Å². The van der Waals surface area contributed by atoms with Crippen LogP contribution in [0, 0.1) is 4.77 Å². The van der Waals surface area contributed by atoms with E-state index in [0.717, 1.165) is 5.56 Å². The molecule has 0 saturated heterocycles. The number of benzene rings is 2. The lowest BCUT2D eigenvalue weighted by atomic mass is 10.2. The summed E-state index contributed by atoms with van der Waals surface area (Å²) in [6.45, 7) is 0.395. The second-order valence-corrected chi connectivity index (χ2v) is 6.94. The summed E-state index contributed by atoms with van der Waals surface area (Å²) in [7, 11) is 3.11. The van der Waals surface area contributed by atoms with Crippen molar-refractivity contribution in [2.24, 2.45) is 0 Å². The van der Waals surface area contributed by atoms with E-state index in [1.807, 2.05) is 12.1 Å². The van der Waals surface area contributed by atoms with Crippen LogP contribution in [0.1, 0.15) is 0 Å². The van der Waals surface area contributed by atoms with Crippen LogP contribution < -0.4 is 15.4 Å². The van der Waals surface area contributed by atoms with E-state index in [2.05, 4.69) is 20.8 Å². The summed E-state index contributed by atoms with van der Waals surface area (Å²) >= 11 is 5.29. The quantitative estimate of drug-likeness (QED) is 0.333. The molecule has 3 N–H and O–H groups in total. The number of carbonyl (C=O) groups excluding carboxylic acids is 2. The Morgan fingerprint density at radius 3 is 2.47 bits per heavy atom. The fraction of sp³-hybridized carbons (Fsp3) is 0.238. The molecule has 0 saturated carbocycles. The molecule has 0 radical (unpaired) electrons. The molecule has 0 aliphatic heterocycles. The maximum atomic E-state index is 12.7. The number of H-pyrrole nitrogens is 1. The third-order valence-corrected chi connectivity index (χ3v) is 4.63. The fourth-order valence-corrected chi connectivity index (χ4v) is 3.01. The van der Waals surface area contributed by atoms with Crippen molar-refractivity contribution in [3.8, 4) is 17.1 Å². The summed E-state index contributed by atoms with van der Waals surface area (Å²) in [6.07, 6.45) is -0.612. The van der Waals surface area contributed by atoms with Gasteiger partial charge in [0, 0.05) is 24.0 Å². The molecule has 0 aliphatic rings. The van der Waals surface area contributed by atoms with Crippen LogP contribution in [0.4, 0.5) is 16.2 Å². The number of rotatable bonds is 9. The second kappa shape index (κ2) is 11.1. The molecule has 3 aromatic rings. The van der Waals surface area contributed by atoms with E-state index in [1.54, 1.807) is 48.1 Å². The number of ether oxygens (including phenoxy) is 3. The predicted molar refractivity (Wildman–Crippen MR) is 121 cm³/mol. The van der Waals surface area contributed by atoms with Crippen LogP contribution in [0.5, 0.6) is 5.75 Å². The number of hydrogen-bond acceptors (Lipinski definition) is 7. The van der Waals surface area contributed by atoms with E-state index >= 15 is 0 Å². The highest BCUT2D eigenvalue weighted by molar-refractivity contribution is 7.71. The third kappa shape index (κ3) is 6.15. The van der Waals surface area contributed by atoms with Crippen LogP contribution in [-0.2, 0) is 20.8 Å². The van der Waals surface area contributed by atoms with Crippen molar-refractivity contribution in [3.63, 3.8) is 0 Å². The van der Waals surface area contributed by atoms with Gasteiger partial charge in [0.2, 0.25) is 5.91 Å². The van der Waals surface area contributed by atoms with Gasteiger partial charge in [-0.3, -0.25) is 19.8 Å². The van der Waals surface area contributed by atoms with Crippen molar-refractivity contribution in [2.45, 2.75) is 6.54 Å². The van der Waals surface area contributed by atoms with E-state index in [4.69, 9.17) is 26.4 Å². The van der Waals surface area contributed by atoms with Gasteiger partial charge in [0.05, 0.1) is 13.7 Å². The topological polar surface area (TPSA) is 120 Å². The van der Waals surface area contributed by atoms with E-state index in [9.17, 15) is 9.59 Å². The molecular formula is C21H23N5O5S. The van der Waals surface area contributed by atoms with Gasteiger partial charge in [-0.15, -0.1) is 0 Å². The van der Waals surface area contributed by atoms with Gasteiger partial charge in [0.25, 0.3) is 0 Å². The minimum Gasteiger partial charge on any atom is -0.497 e. The molecule has 3 rings (SSSR count). The number of methoxy groups -OCH3 is 2. The van der Waals surface area contributed by atoms with Crippen molar-refractivity contribution in [2.75, 3.05) is 38.1 Å². The van der Waals surface area contributed by atoms with Crippen LogP contribution in [0.15, 0.2) is 48.5 Å². The van der Waals surface area contributed by atoms with Crippen LogP contribution >= 0.6 is 12.2 Å². The number of hydrogen-bond donors (Lipinski definition) is 3. The van der Waals surface area contributed by atoms with E-state index in [1.165, 1.54) is 7.11 Å². The first-order valence-corrected chi connectivity index (χ1v) is 10.0. The van der Waals surface area contributed by atoms with Crippen molar-refractivity contribution >= 4 is 35.6 Å². The Morgan fingerprint density at radius 2 is 1.78 bits per heavy atom. The van der Waals surface area contributed by atoms with Crippen molar-refractivity contribution in [1.82, 2.24) is 14.8 Å². The van der Waals surface area contributed by atoms with Crippen molar-refractivity contribution in [3.05, 3.63) is 53.3 Å². The van der Waals surface area contributed by atoms with E-state index < -0.39 is 6.09 Å². The number of nitrogens with zero attached hydrogens (tertiary/aromatic N) is 2. The minimum absolute atomic E-state index is 0.0482. The maximum absolute atomic E-state index is 12.7. The number of amides is 2. The lowest BCUT2D eigenvalue weighted by Crippen LogP contribution is -2.20. The van der Waals surface area contributed by atoms with Crippen LogP contribution in [0.2, 0.25) is 0 Å². The molecule has 1 aromatic heterocycles. The lowest BCUT2D eigenvalue weighted by Gasteiger charge is -2.11. The number of aromatic amines is 1. The first kappa shape index (κ1) is 23.0. The van der Waals surface area contributed by atoms with Crippen LogP contribution in [0.3, 0.4) is 0 Å². The smallest absolute Gasteiger partial charge is 0.411 e. The van der Waals surface area contributed by atoms with E-state index in [0.29, 0.717) is 34.3 Å². The molecule has 0 fully saturated rings. The average Bonchev–Trinajstić information content (AvgIpc) is 3.14. The standard InChI is InChI=1S/C21H23N5O5S/c1-29-10-11-31-21(28)23-16-5-3-4-15(12-16)22-18(27)13-26-19(24-25-20(26)32)14-6-8-17(30-2)9-7-14/h3-9,12H,10-11,13H2,1-2H3,(H,22,27)(H,23,28)(H,25,32). The molecule has 0 bridgehead atoms. The number of anilines is 2. The summed E-state index contributed by atoms with van der Waals surface area (Å²) in [6, 6.07) is 14.0. The fourth-order valence-electron chi connectivity index (χ4n) is 2.82. The first-order chi connectivity index (χ1) is 15.5. The highest BCUT2D eigenvalue weighted by atomic mass is 32.1. The molecule has 10 nitrogen and oxygen atoms in total. The molecule has 32 heavy (non-hydrogen) atoms. The molecular weight excluding hydrogens is 434 g/mol. The molecule has 168 valence electrons. The zero-order valence-electron chi connectivity index (χ0n) is 17.6. The molecule has 2 aromatic carbocycles. The molecule has 11 heteroatoms. The Balaban J connectivity index is 1.66. The van der Waals surface area contributed by atoms with Gasteiger partial charge in [-0.25, -0.2) is 4.79 Å². The Hall–Kier alpha value is -3.70. The summed E-state index contributed by atoms with van der Waals surface area (Å²) in [5, 5.41) is 12.3. The predicted octanol–water partition coefficient (Wildman–Crippen LogP) is 3.45. The first-order valence-electron chi connectivity index (χ1n) is 9.62. The molecule has 0 unspecified atom stereocenters. The highest BCUT2D eigenvalue weighted by Gasteiger charge is 2.13. The van der Waals surface area contributed by atoms with Gasteiger partial charge in [0.1, 0.15) is 18.9 Å². The summed E-state index contributed by atoms with van der Waals surface area (Å²) < 4.78 is 16.9. The zero-order valence-corrected chi connectivity index (χ0v) is 18.4. The van der Waals surface area contributed by atoms with Gasteiger partial charge < -0.3 is 19.5 Å². The largest absolute Gasteiger partial charge is 0.497 e. The Morgan fingerprint density at radius 1 is 1.06 bits per heavy atom. The normalized spacial score (nSPS) is 10.4. The van der Waals surface area contributed by atoms with Crippen LogP contribution in [-0.4, -0.2) is 54.2 Å². The minimum atomic E-state index is -0.612. The van der Waals surface area contributed by atoms with Crippen LogP contribution in [0.25, 0.3) is 11.4 Å². The Kier molecular flexibility index (Phi) is 7.95. The SMILES string of the molecule is COCCOC(=O)Nc1cccc(NC(=O)Cn2c(-c3ccc(OC)cc3)n[nH]c2=S)c1. The number of nitrogens with one attached hydrogen (secondary N) is 3. The van der Waals surface area contributed by atoms with Crippen molar-refractivity contribution in [1.29, 1.82) is 0 Å². The van der Waals surface area contributed by atoms with Gasteiger partial charge in [-0.05, 0) is 54.7 Å². The lowest BCUT2D eigenvalue weighted by molar-refractivity contribution is -0.116. The monoisotopic (exact) mass is 457 g/mol. The second-order valence-electron chi connectivity index (χ2n) is 6.55. The summed E-state index contributed by atoms with van der Waals surface area (Å²) in [4.78, 5) is 24.4. The Bertz CT molecular complexity index is 1130. The maximum Gasteiger partial charge on any atom is 0.411 e. The number of aromatic nitrogens is 3. The van der Waals surface area contributed by atoms with Gasteiger partial charge >= 0.3 is 6.09 Å². The zero-order chi connectivity index (χ0) is 22.9. The molecule has 1 heterocycles. The third-order valence-electron chi connectivity index (χ3n) is 4.32. The molecule has 0 aliphatic carbocycles. The number of carbonyl (C=O) groups is 2. The average molecular weight is 458 g/mol. The summed E-state index contributed by atoms with van der Waals surface area (Å²) in [5.74, 6) is 0.933. The molecule has 0 atom stereocenters. The molecule has 0 spiro atoms. The van der Waals surface area contributed by atoms with Gasteiger partial charge in [0.15, 0.2) is 10.6 Å². The van der Waals surface area contributed by atoms with Gasteiger partial charge in [-0.2, -0.15) is 5.10 Å². The molecule has 2 amide bonds. The van der Waals surface area contributed by atoms with E-state index in [-0.39, 0.29) is 19.1 Å². The summed E-state index contributed by atoms with van der Waals surface area (Å²) in [5.41, 5.74) is 1.76. The van der Waals surface area contributed by atoms with Gasteiger partial charge in [-0.1, -0.05) is 6.07 Å².